The summed E-state index contributed by atoms with van der Waals surface area (Å²) in [7, 11) is 1.71. The highest BCUT2D eigenvalue weighted by atomic mass is 16.6. The summed E-state index contributed by atoms with van der Waals surface area (Å²) in [4.78, 5) is 27.2. The lowest BCUT2D eigenvalue weighted by molar-refractivity contribution is 0.0521. The van der Waals surface area contributed by atoms with Gasteiger partial charge in [-0.05, 0) is 36.4 Å². The zero-order valence-corrected chi connectivity index (χ0v) is 16.6. The van der Waals surface area contributed by atoms with E-state index in [2.05, 4.69) is 5.32 Å². The monoisotopic (exact) mass is 402 g/mol. The maximum absolute atomic E-state index is 13.1. The number of carbonyl (C=O) groups excluding carboxylic acids is 2. The Morgan fingerprint density at radius 3 is 2.40 bits per heavy atom. The van der Waals surface area contributed by atoms with Crippen LogP contribution < -0.4 is 14.8 Å². The number of hydrogen-bond donors (Lipinski definition) is 1. The molecule has 0 aromatic heterocycles. The molecule has 152 valence electrons. The van der Waals surface area contributed by atoms with Crippen LogP contribution in [0.2, 0.25) is 0 Å². The van der Waals surface area contributed by atoms with Gasteiger partial charge in [-0.15, -0.1) is 0 Å². The molecule has 0 aliphatic carbocycles. The van der Waals surface area contributed by atoms with Crippen molar-refractivity contribution < 1.29 is 19.1 Å². The number of anilines is 1. The zero-order valence-electron chi connectivity index (χ0n) is 16.6. The molecule has 3 aromatic rings. The van der Waals surface area contributed by atoms with Crippen LogP contribution in [0.25, 0.3) is 0 Å². The van der Waals surface area contributed by atoms with Crippen molar-refractivity contribution in [3.05, 3.63) is 90.0 Å². The lowest BCUT2D eigenvalue weighted by atomic mass is 10.1. The van der Waals surface area contributed by atoms with Crippen molar-refractivity contribution in [2.75, 3.05) is 25.5 Å². The molecule has 30 heavy (non-hydrogen) atoms. The molecule has 0 spiro atoms. The molecule has 0 unspecified atom stereocenters. The number of hydrogen-bond acceptors (Lipinski definition) is 4. The fourth-order valence-electron chi connectivity index (χ4n) is 3.31. The first-order valence-electron chi connectivity index (χ1n) is 9.71. The molecule has 6 heteroatoms. The van der Waals surface area contributed by atoms with E-state index in [1.54, 1.807) is 60.5 Å². The van der Waals surface area contributed by atoms with Crippen LogP contribution in [0.5, 0.6) is 11.5 Å². The van der Waals surface area contributed by atoms with Gasteiger partial charge in [0.25, 0.3) is 11.8 Å². The number of amides is 2. The van der Waals surface area contributed by atoms with E-state index >= 15 is 0 Å². The summed E-state index contributed by atoms with van der Waals surface area (Å²) in [5, 5.41) is 2.84. The Kier molecular flexibility index (Phi) is 5.66. The van der Waals surface area contributed by atoms with Gasteiger partial charge in [-0.1, -0.05) is 42.5 Å². The Balaban J connectivity index is 1.45. The number of carbonyl (C=O) groups is 2. The summed E-state index contributed by atoms with van der Waals surface area (Å²) in [6.45, 7) is 0.717. The zero-order chi connectivity index (χ0) is 20.9. The Bertz CT molecular complexity index is 1050. The molecular weight excluding hydrogens is 380 g/mol. The third-order valence-corrected chi connectivity index (χ3v) is 4.83. The summed E-state index contributed by atoms with van der Waals surface area (Å²) in [6.07, 6.45) is -0.278. The molecule has 4 rings (SSSR count). The Morgan fingerprint density at radius 1 is 0.933 bits per heavy atom. The number of benzene rings is 3. The molecule has 0 bridgehead atoms. The van der Waals surface area contributed by atoms with Crippen LogP contribution in [0.1, 0.15) is 20.7 Å². The molecule has 0 fully saturated rings. The predicted octanol–water partition coefficient (Wildman–Crippen LogP) is 3.85. The van der Waals surface area contributed by atoms with E-state index in [0.29, 0.717) is 41.5 Å². The summed E-state index contributed by atoms with van der Waals surface area (Å²) in [5.74, 6) is 0.905. The average Bonchev–Trinajstić information content (AvgIpc) is 2.79. The van der Waals surface area contributed by atoms with Crippen LogP contribution in [-0.2, 0) is 0 Å². The topological polar surface area (TPSA) is 67.9 Å². The minimum Gasteiger partial charge on any atom is -0.486 e. The van der Waals surface area contributed by atoms with E-state index in [1.807, 2.05) is 30.3 Å². The Morgan fingerprint density at radius 2 is 1.60 bits per heavy atom. The first kappa shape index (κ1) is 19.5. The van der Waals surface area contributed by atoms with E-state index in [1.165, 1.54) is 0 Å². The van der Waals surface area contributed by atoms with Crippen LogP contribution in [0.4, 0.5) is 5.69 Å². The molecule has 2 amide bonds. The van der Waals surface area contributed by atoms with Gasteiger partial charge in [-0.3, -0.25) is 9.59 Å². The van der Waals surface area contributed by atoms with Crippen molar-refractivity contribution in [2.24, 2.45) is 0 Å². The van der Waals surface area contributed by atoms with Crippen LogP contribution in [0.3, 0.4) is 0 Å². The van der Waals surface area contributed by atoms with Gasteiger partial charge < -0.3 is 19.7 Å². The van der Waals surface area contributed by atoms with Gasteiger partial charge in [0.1, 0.15) is 6.61 Å². The minimum atomic E-state index is -0.278. The normalized spacial score (nSPS) is 14.6. The first-order chi connectivity index (χ1) is 14.6. The summed E-state index contributed by atoms with van der Waals surface area (Å²) < 4.78 is 11.7. The number of rotatable bonds is 5. The lowest BCUT2D eigenvalue weighted by Crippen LogP contribution is -2.42. The van der Waals surface area contributed by atoms with E-state index in [-0.39, 0.29) is 17.9 Å². The SMILES string of the molecule is CN(C[C@H]1COc2ccccc2O1)C(=O)c1ccccc1NC(=O)c1ccccc1. The van der Waals surface area contributed by atoms with Crippen molar-refractivity contribution in [1.82, 2.24) is 4.90 Å². The number of fused-ring (bicyclic) bond motifs is 1. The Labute approximate surface area is 175 Å². The second-order valence-electron chi connectivity index (χ2n) is 7.05. The summed E-state index contributed by atoms with van der Waals surface area (Å²) in [5.41, 5.74) is 1.41. The second kappa shape index (κ2) is 8.69. The standard InChI is InChI=1S/C24H22N2O4/c1-26(15-18-16-29-21-13-7-8-14-22(21)30-18)24(28)19-11-5-6-12-20(19)25-23(27)17-9-3-2-4-10-17/h2-14,18H,15-16H2,1H3,(H,25,27)/t18-/m0/s1. The summed E-state index contributed by atoms with van der Waals surface area (Å²) >= 11 is 0. The third kappa shape index (κ3) is 4.27. The fraction of sp³-hybridized carbons (Fsp3) is 0.167. The van der Waals surface area contributed by atoms with Crippen molar-refractivity contribution in [3.63, 3.8) is 0 Å². The summed E-state index contributed by atoms with van der Waals surface area (Å²) in [6, 6.07) is 23.3. The molecule has 0 radical (unpaired) electrons. The van der Waals surface area contributed by atoms with Crippen LogP contribution in [0.15, 0.2) is 78.9 Å². The molecule has 3 aromatic carbocycles. The number of nitrogens with zero attached hydrogens (tertiary/aromatic N) is 1. The van der Waals surface area contributed by atoms with Gasteiger partial charge in [0.05, 0.1) is 17.8 Å². The molecule has 1 N–H and O–H groups in total. The fourth-order valence-corrected chi connectivity index (χ4v) is 3.31. The molecule has 6 nitrogen and oxygen atoms in total. The quantitative estimate of drug-likeness (QED) is 0.704. The Hall–Kier alpha value is -3.80. The highest BCUT2D eigenvalue weighted by molar-refractivity contribution is 6.08. The van der Waals surface area contributed by atoms with Gasteiger partial charge in [0, 0.05) is 12.6 Å². The van der Waals surface area contributed by atoms with Crippen molar-refractivity contribution in [3.8, 4) is 11.5 Å². The molecule has 1 heterocycles. The maximum atomic E-state index is 13.1. The van der Waals surface area contributed by atoms with Gasteiger partial charge in [0.15, 0.2) is 17.6 Å². The third-order valence-electron chi connectivity index (χ3n) is 4.83. The molecule has 0 saturated heterocycles. The number of para-hydroxylation sites is 3. The minimum absolute atomic E-state index is 0.207. The van der Waals surface area contributed by atoms with Crippen LogP contribution >= 0.6 is 0 Å². The van der Waals surface area contributed by atoms with Gasteiger partial charge in [0.2, 0.25) is 0 Å². The van der Waals surface area contributed by atoms with Crippen LogP contribution in [0, 0.1) is 0 Å². The van der Waals surface area contributed by atoms with Crippen molar-refractivity contribution in [2.45, 2.75) is 6.10 Å². The van der Waals surface area contributed by atoms with Gasteiger partial charge >= 0.3 is 0 Å². The molecule has 0 saturated carbocycles. The van der Waals surface area contributed by atoms with Gasteiger partial charge in [-0.2, -0.15) is 0 Å². The van der Waals surface area contributed by atoms with E-state index in [0.717, 1.165) is 0 Å². The predicted molar refractivity (Wildman–Crippen MR) is 114 cm³/mol. The first-order valence-corrected chi connectivity index (χ1v) is 9.71. The molecule has 1 atom stereocenters. The molecule has 1 aliphatic heterocycles. The number of likely N-dealkylation sites (N-methyl/N-ethyl adjacent to an activating group) is 1. The highest BCUT2D eigenvalue weighted by Gasteiger charge is 2.25. The number of nitrogens with one attached hydrogen (secondary N) is 1. The number of ether oxygens (including phenoxy) is 2. The second-order valence-corrected chi connectivity index (χ2v) is 7.05. The smallest absolute Gasteiger partial charge is 0.255 e. The van der Waals surface area contributed by atoms with Gasteiger partial charge in [-0.25, -0.2) is 0 Å². The van der Waals surface area contributed by atoms with Crippen molar-refractivity contribution >= 4 is 17.5 Å². The van der Waals surface area contributed by atoms with Crippen molar-refractivity contribution in [1.29, 1.82) is 0 Å². The lowest BCUT2D eigenvalue weighted by Gasteiger charge is -2.30. The average molecular weight is 402 g/mol. The molecule has 1 aliphatic rings. The van der Waals surface area contributed by atoms with E-state index < -0.39 is 0 Å². The molecular formula is C24H22N2O4. The van der Waals surface area contributed by atoms with E-state index in [9.17, 15) is 9.59 Å². The largest absolute Gasteiger partial charge is 0.486 e. The highest BCUT2D eigenvalue weighted by Crippen LogP contribution is 2.31. The van der Waals surface area contributed by atoms with Crippen LogP contribution in [-0.4, -0.2) is 43.0 Å². The van der Waals surface area contributed by atoms with E-state index in [4.69, 9.17) is 9.47 Å². The maximum Gasteiger partial charge on any atom is 0.255 e.